The first kappa shape index (κ1) is 18.5. The largest absolute Gasteiger partial charge is 0.481 e. The molecule has 5 atom stereocenters. The molecule has 3 aliphatic heterocycles. The Balaban J connectivity index is 2.41. The number of carboxylic acid groups (broad SMARTS) is 1. The number of hydrogen-bond acceptors (Lipinski definition) is 8. The van der Waals surface area contributed by atoms with Gasteiger partial charge < -0.3 is 40.9 Å². The van der Waals surface area contributed by atoms with Crippen LogP contribution in [-0.4, -0.2) is 79.7 Å². The van der Waals surface area contributed by atoms with E-state index in [9.17, 15) is 29.7 Å². The van der Waals surface area contributed by atoms with Crippen molar-refractivity contribution in [3.63, 3.8) is 0 Å². The summed E-state index contributed by atoms with van der Waals surface area (Å²) in [6, 6.07) is 0. The highest BCUT2D eigenvalue weighted by Gasteiger charge is 2.64. The Morgan fingerprint density at radius 1 is 1.42 bits per heavy atom. The lowest BCUT2D eigenvalue weighted by molar-refractivity contribution is -0.241. The first-order valence-electron chi connectivity index (χ1n) is 7.24. The molecule has 136 valence electrons. The number of nitrogens with one attached hydrogen (secondary N) is 2. The van der Waals surface area contributed by atoms with Crippen molar-refractivity contribution in [2.24, 2.45) is 5.92 Å². The average molecular weight is 348 g/mol. The van der Waals surface area contributed by atoms with Gasteiger partial charge in [-0.25, -0.2) is 0 Å². The van der Waals surface area contributed by atoms with Crippen molar-refractivity contribution < 1.29 is 44.7 Å². The van der Waals surface area contributed by atoms with Gasteiger partial charge in [-0.3, -0.25) is 14.4 Å². The molecule has 7 N–H and O–H groups in total. The summed E-state index contributed by atoms with van der Waals surface area (Å²) in [5, 5.41) is 52.8. The van der Waals surface area contributed by atoms with Crippen LogP contribution in [0.5, 0.6) is 0 Å². The summed E-state index contributed by atoms with van der Waals surface area (Å²) in [6.07, 6.45) is -2.76. The van der Waals surface area contributed by atoms with Crippen molar-refractivity contribution in [3.05, 3.63) is 0 Å². The van der Waals surface area contributed by atoms with E-state index in [0.717, 1.165) is 6.92 Å². The number of aliphatic hydroxyl groups excluding tert-OH is 2. The number of fused-ring (bicyclic) bond motifs is 5. The molecule has 2 amide bonds. The third kappa shape index (κ3) is 2.74. The molecule has 24 heavy (non-hydrogen) atoms. The van der Waals surface area contributed by atoms with Gasteiger partial charge in [-0.2, -0.15) is 0 Å². The zero-order valence-corrected chi connectivity index (χ0v) is 12.9. The predicted molar refractivity (Wildman–Crippen MR) is 74.0 cm³/mol. The van der Waals surface area contributed by atoms with Crippen LogP contribution in [0.3, 0.4) is 0 Å². The number of hydrogen-bond donors (Lipinski definition) is 7. The molecular weight excluding hydrogens is 328 g/mol. The normalized spacial score (nSPS) is 36.8. The Morgan fingerprint density at radius 3 is 2.58 bits per heavy atom. The fourth-order valence-electron chi connectivity index (χ4n) is 2.86. The molecule has 0 radical (unpaired) electrons. The van der Waals surface area contributed by atoms with E-state index < -0.39 is 59.9 Å². The number of piperazine rings is 1. The number of rotatable bonds is 5. The predicted octanol–water partition coefficient (Wildman–Crippen LogP) is -3.77. The van der Waals surface area contributed by atoms with Crippen molar-refractivity contribution >= 4 is 17.8 Å². The second-order valence-corrected chi connectivity index (χ2v) is 6.26. The summed E-state index contributed by atoms with van der Waals surface area (Å²) in [4.78, 5) is 35.6. The van der Waals surface area contributed by atoms with Gasteiger partial charge >= 0.3 is 5.97 Å². The average Bonchev–Trinajstić information content (AvgIpc) is 2.49. The van der Waals surface area contributed by atoms with E-state index >= 15 is 0 Å². The molecule has 0 aromatic heterocycles. The molecule has 3 heterocycles. The molecule has 3 saturated heterocycles. The summed E-state index contributed by atoms with van der Waals surface area (Å²) >= 11 is 0. The standard InChI is InChI=1S/C13H20N2O9/c1-11(22,5-16)8(19)13-10(21)14-12(23,9(20)15-13)6(2-3-24-13)4-7(17)18/h6,8,16,19,22-23H,2-5H2,1H3,(H,14,21)(H,15,20)(H,17,18)/t6?,8-,11-,12+,13-/m0/s1. The third-order valence-electron chi connectivity index (χ3n) is 4.39. The molecule has 11 heteroatoms. The number of aliphatic hydroxyl groups is 4. The highest BCUT2D eigenvalue weighted by atomic mass is 16.5. The summed E-state index contributed by atoms with van der Waals surface area (Å²) in [7, 11) is 0. The first-order chi connectivity index (χ1) is 11.0. The molecular formula is C13H20N2O9. The Labute approximate surface area is 136 Å². The third-order valence-corrected chi connectivity index (χ3v) is 4.39. The number of carbonyl (C=O) groups is 3. The van der Waals surface area contributed by atoms with Crippen molar-refractivity contribution in [2.75, 3.05) is 13.2 Å². The maximum absolute atomic E-state index is 12.4. The quantitative estimate of drug-likeness (QED) is 0.262. The van der Waals surface area contributed by atoms with E-state index in [2.05, 4.69) is 0 Å². The highest BCUT2D eigenvalue weighted by molar-refractivity contribution is 6.01. The zero-order chi connectivity index (χ0) is 18.3. The maximum atomic E-state index is 12.4. The number of carboxylic acids is 1. The number of amides is 2. The molecule has 3 aliphatic rings. The summed E-state index contributed by atoms with van der Waals surface area (Å²) in [5.74, 6) is -4.79. The van der Waals surface area contributed by atoms with Crippen molar-refractivity contribution in [1.29, 1.82) is 0 Å². The number of carbonyl (C=O) groups excluding carboxylic acids is 2. The Bertz CT molecular complexity index is 566. The second-order valence-electron chi connectivity index (χ2n) is 6.26. The molecule has 1 unspecified atom stereocenters. The van der Waals surface area contributed by atoms with E-state index in [0.29, 0.717) is 0 Å². The Morgan fingerprint density at radius 2 is 2.04 bits per heavy atom. The fourth-order valence-corrected chi connectivity index (χ4v) is 2.86. The van der Waals surface area contributed by atoms with Gasteiger partial charge in [-0.05, 0) is 13.3 Å². The lowest BCUT2D eigenvalue weighted by Crippen LogP contribution is -2.83. The van der Waals surface area contributed by atoms with Crippen molar-refractivity contribution in [3.8, 4) is 0 Å². The van der Waals surface area contributed by atoms with E-state index in [1.807, 2.05) is 10.6 Å². The minimum Gasteiger partial charge on any atom is -0.481 e. The highest BCUT2D eigenvalue weighted by Crippen LogP contribution is 2.35. The van der Waals surface area contributed by atoms with Crippen LogP contribution < -0.4 is 10.6 Å². The lowest BCUT2D eigenvalue weighted by atomic mass is 9.81. The summed E-state index contributed by atoms with van der Waals surface area (Å²) < 4.78 is 5.28. The molecule has 11 nitrogen and oxygen atoms in total. The topological polar surface area (TPSA) is 186 Å². The Kier molecular flexibility index (Phi) is 4.59. The SMILES string of the molecule is C[C@](O)(CO)[C@H](O)[C@@]12NC(=O)[C@@](O)(NC1=O)C(CC(=O)O)CCO2. The molecule has 2 bridgehead atoms. The van der Waals surface area contributed by atoms with Gasteiger partial charge in [0.15, 0.2) is 0 Å². The number of aliphatic carboxylic acids is 1. The van der Waals surface area contributed by atoms with E-state index in [4.69, 9.17) is 14.9 Å². The monoisotopic (exact) mass is 348 g/mol. The van der Waals surface area contributed by atoms with Crippen molar-refractivity contribution in [1.82, 2.24) is 10.6 Å². The van der Waals surface area contributed by atoms with Gasteiger partial charge in [0.05, 0.1) is 19.6 Å². The fraction of sp³-hybridized carbons (Fsp3) is 0.769. The summed E-state index contributed by atoms with van der Waals surface area (Å²) in [6.45, 7) is -0.192. The van der Waals surface area contributed by atoms with Crippen LogP contribution in [0.15, 0.2) is 0 Å². The van der Waals surface area contributed by atoms with Crippen LogP contribution >= 0.6 is 0 Å². The van der Waals surface area contributed by atoms with Crippen LogP contribution in [0, 0.1) is 5.92 Å². The molecule has 0 spiro atoms. The van der Waals surface area contributed by atoms with E-state index in [-0.39, 0.29) is 13.0 Å². The second kappa shape index (κ2) is 5.93. The van der Waals surface area contributed by atoms with Crippen LogP contribution in [-0.2, 0) is 19.1 Å². The van der Waals surface area contributed by atoms with Gasteiger partial charge in [0.1, 0.15) is 11.7 Å². The van der Waals surface area contributed by atoms with Gasteiger partial charge in [-0.15, -0.1) is 0 Å². The van der Waals surface area contributed by atoms with E-state index in [1.54, 1.807) is 0 Å². The molecule has 0 aliphatic carbocycles. The zero-order valence-electron chi connectivity index (χ0n) is 12.9. The lowest BCUT2D eigenvalue weighted by Gasteiger charge is -2.51. The van der Waals surface area contributed by atoms with Gasteiger partial charge in [0.25, 0.3) is 17.5 Å². The molecule has 0 saturated carbocycles. The molecule has 3 fully saturated rings. The van der Waals surface area contributed by atoms with Gasteiger partial charge in [0, 0.05) is 5.92 Å². The Hall–Kier alpha value is -1.79. The maximum Gasteiger partial charge on any atom is 0.303 e. The number of ether oxygens (including phenoxy) is 1. The molecule has 3 rings (SSSR count). The molecule has 0 aromatic rings. The van der Waals surface area contributed by atoms with Crippen molar-refractivity contribution in [2.45, 2.75) is 42.9 Å². The van der Waals surface area contributed by atoms with Crippen LogP contribution in [0.2, 0.25) is 0 Å². The van der Waals surface area contributed by atoms with Gasteiger partial charge in [0.2, 0.25) is 5.72 Å². The smallest absolute Gasteiger partial charge is 0.303 e. The first-order valence-corrected chi connectivity index (χ1v) is 7.24. The van der Waals surface area contributed by atoms with Crippen LogP contribution in [0.1, 0.15) is 19.8 Å². The van der Waals surface area contributed by atoms with E-state index in [1.165, 1.54) is 0 Å². The van der Waals surface area contributed by atoms with Crippen LogP contribution in [0.25, 0.3) is 0 Å². The minimum atomic E-state index is -2.49. The molecule has 0 aromatic carbocycles. The summed E-state index contributed by atoms with van der Waals surface area (Å²) in [5.41, 5.74) is -7.11. The van der Waals surface area contributed by atoms with Gasteiger partial charge in [-0.1, -0.05) is 0 Å². The van der Waals surface area contributed by atoms with Crippen LogP contribution in [0.4, 0.5) is 0 Å². The minimum absolute atomic E-state index is 0.105.